The van der Waals surface area contributed by atoms with Gasteiger partial charge >= 0.3 is 0 Å². The second-order valence-corrected chi connectivity index (χ2v) is 5.03. The van der Waals surface area contributed by atoms with E-state index in [0.717, 1.165) is 39.1 Å². The van der Waals surface area contributed by atoms with Crippen molar-refractivity contribution in [2.24, 2.45) is 11.8 Å². The third-order valence-corrected chi connectivity index (χ3v) is 3.84. The van der Waals surface area contributed by atoms with E-state index in [4.69, 9.17) is 4.74 Å². The van der Waals surface area contributed by atoms with E-state index in [1.807, 2.05) is 4.90 Å². The number of nitrogens with one attached hydrogen (secondary N) is 1. The summed E-state index contributed by atoms with van der Waals surface area (Å²) in [6.07, 6.45) is 2.08. The van der Waals surface area contributed by atoms with Gasteiger partial charge in [-0.05, 0) is 26.3 Å². The first-order valence-electron chi connectivity index (χ1n) is 6.23. The molecule has 1 amide bonds. The Kier molecular flexibility index (Phi) is 3.82. The molecule has 3 atom stereocenters. The van der Waals surface area contributed by atoms with E-state index in [-0.39, 0.29) is 5.92 Å². The van der Waals surface area contributed by atoms with Crippen molar-refractivity contribution < 1.29 is 9.53 Å². The van der Waals surface area contributed by atoms with Crippen molar-refractivity contribution in [3.63, 3.8) is 0 Å². The molecule has 2 fully saturated rings. The second-order valence-electron chi connectivity index (χ2n) is 5.03. The summed E-state index contributed by atoms with van der Waals surface area (Å²) in [7, 11) is 1.73. The average molecular weight is 226 g/mol. The van der Waals surface area contributed by atoms with Crippen molar-refractivity contribution in [2.45, 2.75) is 25.8 Å². The van der Waals surface area contributed by atoms with Crippen molar-refractivity contribution in [1.29, 1.82) is 0 Å². The Morgan fingerprint density at radius 1 is 1.50 bits per heavy atom. The highest BCUT2D eigenvalue weighted by atomic mass is 16.5. The highest BCUT2D eigenvalue weighted by Crippen LogP contribution is 2.23. The molecule has 1 N–H and O–H groups in total. The third kappa shape index (κ3) is 2.38. The van der Waals surface area contributed by atoms with Crippen LogP contribution in [0.15, 0.2) is 0 Å². The van der Waals surface area contributed by atoms with Gasteiger partial charge in [-0.25, -0.2) is 0 Å². The summed E-state index contributed by atoms with van der Waals surface area (Å²) in [4.78, 5) is 14.3. The molecular formula is C12H22N2O2. The van der Waals surface area contributed by atoms with Crippen LogP contribution in [0.1, 0.15) is 19.8 Å². The van der Waals surface area contributed by atoms with Gasteiger partial charge in [0.15, 0.2) is 0 Å². The van der Waals surface area contributed by atoms with Crippen LogP contribution in [0.2, 0.25) is 0 Å². The van der Waals surface area contributed by atoms with Crippen LogP contribution in [-0.2, 0) is 9.53 Å². The quantitative estimate of drug-likeness (QED) is 0.761. The molecule has 2 rings (SSSR count). The van der Waals surface area contributed by atoms with Crippen LogP contribution < -0.4 is 5.32 Å². The molecule has 4 nitrogen and oxygen atoms in total. The van der Waals surface area contributed by atoms with Gasteiger partial charge in [0.1, 0.15) is 0 Å². The Hall–Kier alpha value is -0.610. The molecule has 0 spiro atoms. The maximum absolute atomic E-state index is 12.3. The van der Waals surface area contributed by atoms with E-state index in [1.54, 1.807) is 7.11 Å². The average Bonchev–Trinajstić information content (AvgIpc) is 2.87. The summed E-state index contributed by atoms with van der Waals surface area (Å²) in [6, 6.07) is 0.342. The molecule has 92 valence electrons. The van der Waals surface area contributed by atoms with Crippen LogP contribution in [0.4, 0.5) is 0 Å². The number of ether oxygens (including phenoxy) is 1. The van der Waals surface area contributed by atoms with Gasteiger partial charge in [-0.2, -0.15) is 0 Å². The summed E-state index contributed by atoms with van der Waals surface area (Å²) in [5, 5.41) is 3.34. The minimum Gasteiger partial charge on any atom is -0.384 e. The standard InChI is InChI=1S/C12H22N2O2/c1-9-11(3-5-13-9)12(15)14-6-4-10(7-14)8-16-2/h9-11,13H,3-8H2,1-2H3. The summed E-state index contributed by atoms with van der Waals surface area (Å²) >= 11 is 0. The first-order valence-corrected chi connectivity index (χ1v) is 6.23. The second kappa shape index (κ2) is 5.15. The van der Waals surface area contributed by atoms with Gasteiger partial charge in [0.05, 0.1) is 12.5 Å². The maximum atomic E-state index is 12.3. The number of carbonyl (C=O) groups is 1. The van der Waals surface area contributed by atoms with Crippen molar-refractivity contribution >= 4 is 5.91 Å². The molecule has 2 heterocycles. The Morgan fingerprint density at radius 3 is 2.94 bits per heavy atom. The normalized spacial score (nSPS) is 34.6. The topological polar surface area (TPSA) is 41.6 Å². The molecule has 3 unspecified atom stereocenters. The van der Waals surface area contributed by atoms with Crippen LogP contribution in [0.25, 0.3) is 0 Å². The van der Waals surface area contributed by atoms with Crippen molar-refractivity contribution in [3.05, 3.63) is 0 Å². The number of hydrogen-bond acceptors (Lipinski definition) is 3. The maximum Gasteiger partial charge on any atom is 0.227 e. The molecule has 16 heavy (non-hydrogen) atoms. The highest BCUT2D eigenvalue weighted by molar-refractivity contribution is 5.80. The van der Waals surface area contributed by atoms with Crippen molar-refractivity contribution in [1.82, 2.24) is 10.2 Å². The molecule has 0 radical (unpaired) electrons. The first kappa shape index (κ1) is 11.9. The van der Waals surface area contributed by atoms with Crippen LogP contribution >= 0.6 is 0 Å². The number of hydrogen-bond donors (Lipinski definition) is 1. The lowest BCUT2D eigenvalue weighted by Gasteiger charge is -2.22. The number of likely N-dealkylation sites (tertiary alicyclic amines) is 1. The lowest BCUT2D eigenvalue weighted by Crippen LogP contribution is -2.39. The predicted molar refractivity (Wildman–Crippen MR) is 62.1 cm³/mol. The van der Waals surface area contributed by atoms with Gasteiger partial charge in [-0.15, -0.1) is 0 Å². The SMILES string of the molecule is COCC1CCN(C(=O)C2CCNC2C)C1. The van der Waals surface area contributed by atoms with Crippen molar-refractivity contribution in [3.8, 4) is 0 Å². The zero-order chi connectivity index (χ0) is 11.5. The summed E-state index contributed by atoms with van der Waals surface area (Å²) < 4.78 is 5.15. The Morgan fingerprint density at radius 2 is 2.31 bits per heavy atom. The number of nitrogens with zero attached hydrogens (tertiary/aromatic N) is 1. The number of methoxy groups -OCH3 is 1. The molecule has 0 bridgehead atoms. The third-order valence-electron chi connectivity index (χ3n) is 3.84. The predicted octanol–water partition coefficient (Wildman–Crippen LogP) is 0.479. The molecule has 2 aliphatic rings. The van der Waals surface area contributed by atoms with Gasteiger partial charge < -0.3 is 15.0 Å². The Bertz CT molecular complexity index is 257. The minimum atomic E-state index is 0.196. The summed E-state index contributed by atoms with van der Waals surface area (Å²) in [5.41, 5.74) is 0. The van der Waals surface area contributed by atoms with Gasteiger partial charge in [-0.3, -0.25) is 4.79 Å². The summed E-state index contributed by atoms with van der Waals surface area (Å²) in [6.45, 7) is 5.67. The molecule has 0 saturated carbocycles. The minimum absolute atomic E-state index is 0.196. The molecule has 4 heteroatoms. The van der Waals surface area contributed by atoms with E-state index >= 15 is 0 Å². The fourth-order valence-corrected chi connectivity index (χ4v) is 2.84. The molecular weight excluding hydrogens is 204 g/mol. The monoisotopic (exact) mass is 226 g/mol. The van der Waals surface area contributed by atoms with Crippen LogP contribution in [0.3, 0.4) is 0 Å². The largest absolute Gasteiger partial charge is 0.384 e. The Labute approximate surface area is 97.3 Å². The van der Waals surface area contributed by atoms with Gasteiger partial charge in [0, 0.05) is 32.2 Å². The smallest absolute Gasteiger partial charge is 0.227 e. The molecule has 2 aliphatic heterocycles. The zero-order valence-corrected chi connectivity index (χ0v) is 10.2. The molecule has 0 aromatic carbocycles. The van der Waals surface area contributed by atoms with E-state index in [1.165, 1.54) is 0 Å². The fourth-order valence-electron chi connectivity index (χ4n) is 2.84. The molecule has 0 aromatic rings. The number of rotatable bonds is 3. The number of carbonyl (C=O) groups excluding carboxylic acids is 1. The van der Waals surface area contributed by atoms with E-state index in [9.17, 15) is 4.79 Å². The van der Waals surface area contributed by atoms with Crippen LogP contribution in [0, 0.1) is 11.8 Å². The zero-order valence-electron chi connectivity index (χ0n) is 10.2. The molecule has 0 aromatic heterocycles. The van der Waals surface area contributed by atoms with E-state index < -0.39 is 0 Å². The van der Waals surface area contributed by atoms with Gasteiger partial charge in [0.2, 0.25) is 5.91 Å². The highest BCUT2D eigenvalue weighted by Gasteiger charge is 2.35. The lowest BCUT2D eigenvalue weighted by atomic mass is 10.0. The summed E-state index contributed by atoms with van der Waals surface area (Å²) in [5.74, 6) is 1.08. The van der Waals surface area contributed by atoms with Crippen LogP contribution in [-0.4, -0.2) is 50.2 Å². The first-order chi connectivity index (χ1) is 7.72. The molecule has 2 saturated heterocycles. The van der Waals surface area contributed by atoms with Crippen LogP contribution in [0.5, 0.6) is 0 Å². The lowest BCUT2D eigenvalue weighted by molar-refractivity contribution is -0.134. The van der Waals surface area contributed by atoms with Gasteiger partial charge in [-0.1, -0.05) is 0 Å². The van der Waals surface area contributed by atoms with E-state index in [0.29, 0.717) is 17.9 Å². The fraction of sp³-hybridized carbons (Fsp3) is 0.917. The van der Waals surface area contributed by atoms with E-state index in [2.05, 4.69) is 12.2 Å². The number of amides is 1. The molecule has 0 aliphatic carbocycles. The Balaban J connectivity index is 1.86. The van der Waals surface area contributed by atoms with Crippen molar-refractivity contribution in [2.75, 3.05) is 33.4 Å². The van der Waals surface area contributed by atoms with Gasteiger partial charge in [0.25, 0.3) is 0 Å².